The van der Waals surface area contributed by atoms with E-state index >= 15 is 0 Å². The van der Waals surface area contributed by atoms with E-state index in [0.29, 0.717) is 29.7 Å². The van der Waals surface area contributed by atoms with Crippen molar-refractivity contribution in [3.8, 4) is 0 Å². The van der Waals surface area contributed by atoms with Crippen LogP contribution in [0.25, 0.3) is 0 Å². The van der Waals surface area contributed by atoms with Gasteiger partial charge in [-0.3, -0.25) is 4.79 Å². The predicted octanol–water partition coefficient (Wildman–Crippen LogP) is 3.39. The van der Waals surface area contributed by atoms with Gasteiger partial charge in [0.15, 0.2) is 0 Å². The summed E-state index contributed by atoms with van der Waals surface area (Å²) in [5.41, 5.74) is 8.24. The number of amides is 1. The highest BCUT2D eigenvalue weighted by atomic mass is 16.5. The minimum Gasteiger partial charge on any atom is -0.462 e. The minimum absolute atomic E-state index is 0.0131. The average molecular weight is 373 g/mol. The zero-order chi connectivity index (χ0) is 19.4. The van der Waals surface area contributed by atoms with Gasteiger partial charge in [-0.1, -0.05) is 6.42 Å². The summed E-state index contributed by atoms with van der Waals surface area (Å²) in [4.78, 5) is 25.0. The first-order valence-electron chi connectivity index (χ1n) is 10.1. The molecule has 1 amide bonds. The smallest absolute Gasteiger partial charge is 0.338 e. The van der Waals surface area contributed by atoms with E-state index in [-0.39, 0.29) is 23.8 Å². The Kier molecular flexibility index (Phi) is 6.37. The van der Waals surface area contributed by atoms with Gasteiger partial charge in [-0.25, -0.2) is 4.79 Å². The highest BCUT2D eigenvalue weighted by molar-refractivity contribution is 5.99. The minimum atomic E-state index is -0.380. The molecule has 2 aliphatic rings. The lowest BCUT2D eigenvalue weighted by molar-refractivity contribution is -0.122. The molecule has 2 fully saturated rings. The van der Waals surface area contributed by atoms with Gasteiger partial charge in [0.1, 0.15) is 0 Å². The van der Waals surface area contributed by atoms with Crippen LogP contribution in [0.3, 0.4) is 0 Å². The molecule has 1 aromatic carbocycles. The number of esters is 1. The molecule has 0 aliphatic heterocycles. The SMILES string of the molecule is CCNc1ccc(C(=O)OCC)cc1NC(=O)C1CC2CCCC(C1)C2N. The fourth-order valence-electron chi connectivity index (χ4n) is 4.57. The number of ether oxygens (including phenoxy) is 1. The molecule has 4 N–H and O–H groups in total. The van der Waals surface area contributed by atoms with Crippen LogP contribution in [0, 0.1) is 17.8 Å². The van der Waals surface area contributed by atoms with E-state index in [1.165, 1.54) is 6.42 Å². The molecule has 2 aliphatic carbocycles. The second-order valence-corrected chi connectivity index (χ2v) is 7.70. The van der Waals surface area contributed by atoms with E-state index < -0.39 is 0 Å². The molecule has 6 heteroatoms. The normalized spacial score (nSPS) is 26.9. The fourth-order valence-corrected chi connectivity index (χ4v) is 4.57. The number of anilines is 2. The van der Waals surface area contributed by atoms with Crippen LogP contribution >= 0.6 is 0 Å². The van der Waals surface area contributed by atoms with Crippen molar-refractivity contribution in [2.24, 2.45) is 23.5 Å². The van der Waals surface area contributed by atoms with Crippen molar-refractivity contribution in [1.29, 1.82) is 0 Å². The lowest BCUT2D eigenvalue weighted by atomic mass is 9.65. The molecule has 2 saturated carbocycles. The van der Waals surface area contributed by atoms with Crippen molar-refractivity contribution < 1.29 is 14.3 Å². The van der Waals surface area contributed by atoms with Crippen LogP contribution in [-0.4, -0.2) is 31.1 Å². The van der Waals surface area contributed by atoms with Crippen LogP contribution in [0.4, 0.5) is 11.4 Å². The first-order chi connectivity index (χ1) is 13.0. The van der Waals surface area contributed by atoms with Gasteiger partial charge in [0, 0.05) is 18.5 Å². The number of hydrogen-bond acceptors (Lipinski definition) is 5. The average Bonchev–Trinajstić information content (AvgIpc) is 2.63. The Balaban J connectivity index is 1.75. The molecule has 2 bridgehead atoms. The van der Waals surface area contributed by atoms with E-state index in [1.54, 1.807) is 19.1 Å². The van der Waals surface area contributed by atoms with Crippen LogP contribution in [0.15, 0.2) is 18.2 Å². The summed E-state index contributed by atoms with van der Waals surface area (Å²) in [6, 6.07) is 5.47. The van der Waals surface area contributed by atoms with Gasteiger partial charge in [0.25, 0.3) is 0 Å². The number of benzene rings is 1. The fraction of sp³-hybridized carbons (Fsp3) is 0.619. The Morgan fingerprint density at radius 1 is 1.15 bits per heavy atom. The molecule has 0 saturated heterocycles. The Morgan fingerprint density at radius 2 is 1.85 bits per heavy atom. The summed E-state index contributed by atoms with van der Waals surface area (Å²) in [5.74, 6) is 0.536. The van der Waals surface area contributed by atoms with Crippen molar-refractivity contribution in [3.63, 3.8) is 0 Å². The first kappa shape index (κ1) is 19.7. The Labute approximate surface area is 161 Å². The summed E-state index contributed by atoms with van der Waals surface area (Å²) < 4.78 is 5.08. The molecule has 3 rings (SSSR count). The number of nitrogens with one attached hydrogen (secondary N) is 2. The van der Waals surface area contributed by atoms with Crippen LogP contribution < -0.4 is 16.4 Å². The predicted molar refractivity (Wildman–Crippen MR) is 107 cm³/mol. The van der Waals surface area contributed by atoms with Crippen LogP contribution in [0.1, 0.15) is 56.3 Å². The molecule has 1 aromatic rings. The van der Waals surface area contributed by atoms with Crippen molar-refractivity contribution in [1.82, 2.24) is 0 Å². The topological polar surface area (TPSA) is 93.5 Å². The largest absolute Gasteiger partial charge is 0.462 e. The second kappa shape index (κ2) is 8.74. The number of nitrogens with two attached hydrogens (primary N) is 1. The van der Waals surface area contributed by atoms with Gasteiger partial charge in [-0.2, -0.15) is 0 Å². The number of carbonyl (C=O) groups excluding carboxylic acids is 2. The highest BCUT2D eigenvalue weighted by Gasteiger charge is 2.40. The quantitative estimate of drug-likeness (QED) is 0.665. The Morgan fingerprint density at radius 3 is 2.48 bits per heavy atom. The molecule has 148 valence electrons. The number of carbonyl (C=O) groups is 2. The van der Waals surface area contributed by atoms with Gasteiger partial charge in [0.05, 0.1) is 23.5 Å². The third-order valence-electron chi connectivity index (χ3n) is 5.94. The molecular formula is C21H31N3O3. The van der Waals surface area contributed by atoms with E-state index in [1.807, 2.05) is 13.0 Å². The maximum atomic E-state index is 13.0. The van der Waals surface area contributed by atoms with Gasteiger partial charge < -0.3 is 21.1 Å². The molecule has 0 heterocycles. The number of fused-ring (bicyclic) bond motifs is 2. The molecular weight excluding hydrogens is 342 g/mol. The number of hydrogen-bond donors (Lipinski definition) is 3. The molecule has 0 spiro atoms. The third-order valence-corrected chi connectivity index (χ3v) is 5.94. The molecule has 27 heavy (non-hydrogen) atoms. The second-order valence-electron chi connectivity index (χ2n) is 7.70. The zero-order valence-corrected chi connectivity index (χ0v) is 16.3. The van der Waals surface area contributed by atoms with E-state index in [9.17, 15) is 9.59 Å². The maximum absolute atomic E-state index is 13.0. The Hall–Kier alpha value is -2.08. The summed E-state index contributed by atoms with van der Waals surface area (Å²) >= 11 is 0. The van der Waals surface area contributed by atoms with Gasteiger partial charge in [-0.15, -0.1) is 0 Å². The van der Waals surface area contributed by atoms with Crippen LogP contribution in [-0.2, 0) is 9.53 Å². The lowest BCUT2D eigenvalue weighted by Crippen LogP contribution is -2.48. The van der Waals surface area contributed by atoms with Gasteiger partial charge >= 0.3 is 5.97 Å². The third kappa shape index (κ3) is 4.43. The van der Waals surface area contributed by atoms with Crippen molar-refractivity contribution in [3.05, 3.63) is 23.8 Å². The summed E-state index contributed by atoms with van der Waals surface area (Å²) in [6.07, 6.45) is 5.20. The molecule has 0 radical (unpaired) electrons. The maximum Gasteiger partial charge on any atom is 0.338 e. The number of rotatable bonds is 6. The van der Waals surface area contributed by atoms with Gasteiger partial charge in [0.2, 0.25) is 5.91 Å². The molecule has 0 aromatic heterocycles. The van der Waals surface area contributed by atoms with Crippen molar-refractivity contribution >= 4 is 23.3 Å². The summed E-state index contributed by atoms with van der Waals surface area (Å²) in [5, 5.41) is 6.30. The standard InChI is InChI=1S/C21H31N3O3/c1-3-23-17-9-8-15(21(26)27-4-2)12-18(17)24-20(25)16-10-13-6-5-7-14(11-16)19(13)22/h8-9,12-14,16,19,23H,3-7,10-11,22H2,1-2H3,(H,24,25). The molecule has 6 nitrogen and oxygen atoms in total. The first-order valence-corrected chi connectivity index (χ1v) is 10.1. The Bertz CT molecular complexity index is 677. The zero-order valence-electron chi connectivity index (χ0n) is 16.3. The summed E-state index contributed by atoms with van der Waals surface area (Å²) in [6.45, 7) is 4.82. The van der Waals surface area contributed by atoms with Crippen LogP contribution in [0.5, 0.6) is 0 Å². The van der Waals surface area contributed by atoms with E-state index in [4.69, 9.17) is 10.5 Å². The summed E-state index contributed by atoms with van der Waals surface area (Å²) in [7, 11) is 0. The van der Waals surface area contributed by atoms with Gasteiger partial charge in [-0.05, 0) is 69.6 Å². The molecule has 2 atom stereocenters. The van der Waals surface area contributed by atoms with E-state index in [2.05, 4.69) is 10.6 Å². The van der Waals surface area contributed by atoms with E-state index in [0.717, 1.165) is 37.9 Å². The lowest BCUT2D eigenvalue weighted by Gasteiger charge is -2.43. The highest BCUT2D eigenvalue weighted by Crippen LogP contribution is 2.42. The van der Waals surface area contributed by atoms with Crippen molar-refractivity contribution in [2.75, 3.05) is 23.8 Å². The van der Waals surface area contributed by atoms with Crippen LogP contribution in [0.2, 0.25) is 0 Å². The monoisotopic (exact) mass is 373 g/mol. The van der Waals surface area contributed by atoms with Crippen molar-refractivity contribution in [2.45, 2.75) is 52.0 Å². The molecule has 2 unspecified atom stereocenters.